The standard InChI is InChI=1S/C16H15F3N4O/c17-16(18,19)9-23-5-3-13-11(8-23)6-10(7-22-13)12-2-1-4-21-14(12)15(20)24/h1-2,4,6-7H,3,5,8-9H2,(H2,20,24). The number of rotatable bonds is 3. The first-order valence-electron chi connectivity index (χ1n) is 7.35. The Hall–Kier alpha value is -2.48. The van der Waals surface area contributed by atoms with Crippen molar-refractivity contribution < 1.29 is 18.0 Å². The van der Waals surface area contributed by atoms with Gasteiger partial charge in [0.2, 0.25) is 0 Å². The van der Waals surface area contributed by atoms with Crippen LogP contribution in [0, 0.1) is 0 Å². The van der Waals surface area contributed by atoms with E-state index in [1.807, 2.05) is 0 Å². The Kier molecular flexibility index (Phi) is 4.23. The normalized spacial score (nSPS) is 15.1. The third-order valence-corrected chi connectivity index (χ3v) is 3.87. The molecule has 24 heavy (non-hydrogen) atoms. The van der Waals surface area contributed by atoms with Crippen molar-refractivity contribution in [1.82, 2.24) is 14.9 Å². The highest BCUT2D eigenvalue weighted by Gasteiger charge is 2.32. The number of carbonyl (C=O) groups is 1. The van der Waals surface area contributed by atoms with Crippen LogP contribution in [0.4, 0.5) is 13.2 Å². The second-order valence-corrected chi connectivity index (χ2v) is 5.67. The van der Waals surface area contributed by atoms with E-state index in [1.165, 1.54) is 11.1 Å². The first kappa shape index (κ1) is 16.4. The molecular weight excluding hydrogens is 321 g/mol. The summed E-state index contributed by atoms with van der Waals surface area (Å²) in [5.74, 6) is -0.665. The molecule has 2 aromatic rings. The van der Waals surface area contributed by atoms with E-state index in [4.69, 9.17) is 5.73 Å². The lowest BCUT2D eigenvalue weighted by Crippen LogP contribution is -2.38. The molecular formula is C16H15F3N4O. The van der Waals surface area contributed by atoms with Crippen LogP contribution in [0.2, 0.25) is 0 Å². The first-order chi connectivity index (χ1) is 11.3. The highest BCUT2D eigenvalue weighted by atomic mass is 19.4. The minimum atomic E-state index is -4.23. The van der Waals surface area contributed by atoms with Gasteiger partial charge in [-0.3, -0.25) is 19.7 Å². The fourth-order valence-electron chi connectivity index (χ4n) is 2.86. The number of primary amides is 1. The molecule has 0 unspecified atom stereocenters. The van der Waals surface area contributed by atoms with E-state index in [2.05, 4.69) is 9.97 Å². The van der Waals surface area contributed by atoms with Crippen LogP contribution in [0.25, 0.3) is 11.1 Å². The molecule has 2 aromatic heterocycles. The number of alkyl halides is 3. The molecule has 2 N–H and O–H groups in total. The van der Waals surface area contributed by atoms with Crippen molar-refractivity contribution in [2.24, 2.45) is 5.73 Å². The van der Waals surface area contributed by atoms with E-state index < -0.39 is 18.6 Å². The largest absolute Gasteiger partial charge is 0.401 e. The molecule has 126 valence electrons. The summed E-state index contributed by atoms with van der Waals surface area (Å²) in [5, 5.41) is 0. The van der Waals surface area contributed by atoms with Crippen LogP contribution in [-0.4, -0.2) is 40.0 Å². The lowest BCUT2D eigenvalue weighted by Gasteiger charge is -2.29. The molecule has 1 aliphatic rings. The average Bonchev–Trinajstić information content (AvgIpc) is 2.52. The van der Waals surface area contributed by atoms with Crippen LogP contribution in [0.5, 0.6) is 0 Å². The van der Waals surface area contributed by atoms with Gasteiger partial charge in [0.15, 0.2) is 0 Å². The molecule has 0 radical (unpaired) electrons. The Labute approximate surface area is 136 Å². The van der Waals surface area contributed by atoms with Gasteiger partial charge in [-0.15, -0.1) is 0 Å². The molecule has 3 heterocycles. The van der Waals surface area contributed by atoms with Gasteiger partial charge in [0.1, 0.15) is 5.69 Å². The van der Waals surface area contributed by atoms with Crippen molar-refractivity contribution in [3.8, 4) is 11.1 Å². The maximum atomic E-state index is 12.6. The topological polar surface area (TPSA) is 72.1 Å². The zero-order chi connectivity index (χ0) is 17.3. The van der Waals surface area contributed by atoms with Gasteiger partial charge < -0.3 is 5.73 Å². The lowest BCUT2D eigenvalue weighted by atomic mass is 9.99. The van der Waals surface area contributed by atoms with Crippen LogP contribution >= 0.6 is 0 Å². The fraction of sp³-hybridized carbons (Fsp3) is 0.312. The molecule has 0 saturated heterocycles. The quantitative estimate of drug-likeness (QED) is 0.932. The van der Waals surface area contributed by atoms with E-state index >= 15 is 0 Å². The summed E-state index contributed by atoms with van der Waals surface area (Å²) in [6.07, 6.45) is -0.714. The van der Waals surface area contributed by atoms with Crippen molar-refractivity contribution in [3.63, 3.8) is 0 Å². The van der Waals surface area contributed by atoms with Gasteiger partial charge in [0.05, 0.1) is 6.54 Å². The first-order valence-corrected chi connectivity index (χ1v) is 7.35. The summed E-state index contributed by atoms with van der Waals surface area (Å²) in [5.41, 5.74) is 8.08. The zero-order valence-electron chi connectivity index (χ0n) is 12.7. The molecule has 8 heteroatoms. The Morgan fingerprint density at radius 2 is 2.12 bits per heavy atom. The molecule has 1 amide bonds. The number of nitrogens with two attached hydrogens (primary N) is 1. The molecule has 0 fully saturated rings. The summed E-state index contributed by atoms with van der Waals surface area (Å²) < 4.78 is 37.8. The molecule has 0 saturated carbocycles. The number of hydrogen-bond acceptors (Lipinski definition) is 4. The molecule has 0 bridgehead atoms. The van der Waals surface area contributed by atoms with E-state index in [0.29, 0.717) is 24.1 Å². The van der Waals surface area contributed by atoms with Gasteiger partial charge >= 0.3 is 6.18 Å². The molecule has 3 rings (SSSR count). The predicted molar refractivity (Wildman–Crippen MR) is 81.0 cm³/mol. The summed E-state index contributed by atoms with van der Waals surface area (Å²) in [7, 11) is 0. The van der Waals surface area contributed by atoms with Gasteiger partial charge in [-0.25, -0.2) is 0 Å². The van der Waals surface area contributed by atoms with E-state index in [1.54, 1.807) is 24.4 Å². The molecule has 5 nitrogen and oxygen atoms in total. The number of fused-ring (bicyclic) bond motifs is 1. The van der Waals surface area contributed by atoms with Crippen molar-refractivity contribution in [1.29, 1.82) is 0 Å². The zero-order valence-corrected chi connectivity index (χ0v) is 12.7. The van der Waals surface area contributed by atoms with E-state index in [9.17, 15) is 18.0 Å². The van der Waals surface area contributed by atoms with E-state index in [0.717, 1.165) is 11.3 Å². The third kappa shape index (κ3) is 3.53. The smallest absolute Gasteiger partial charge is 0.364 e. The highest BCUT2D eigenvalue weighted by molar-refractivity contribution is 5.97. The monoisotopic (exact) mass is 336 g/mol. The van der Waals surface area contributed by atoms with Gasteiger partial charge in [0.25, 0.3) is 5.91 Å². The minimum absolute atomic E-state index is 0.113. The van der Waals surface area contributed by atoms with Gasteiger partial charge in [-0.2, -0.15) is 13.2 Å². The van der Waals surface area contributed by atoms with Crippen LogP contribution in [0.15, 0.2) is 30.6 Å². The number of pyridine rings is 2. The average molecular weight is 336 g/mol. The van der Waals surface area contributed by atoms with Crippen molar-refractivity contribution in [2.45, 2.75) is 19.1 Å². The van der Waals surface area contributed by atoms with Crippen molar-refractivity contribution in [2.75, 3.05) is 13.1 Å². The van der Waals surface area contributed by atoms with E-state index in [-0.39, 0.29) is 12.2 Å². The SMILES string of the molecule is NC(=O)c1ncccc1-c1cnc2c(c1)CN(CC(F)(F)F)CC2. The highest BCUT2D eigenvalue weighted by Crippen LogP contribution is 2.27. The summed E-state index contributed by atoms with van der Waals surface area (Å²) >= 11 is 0. The molecule has 0 aromatic carbocycles. The molecule has 0 aliphatic carbocycles. The van der Waals surface area contributed by atoms with Crippen LogP contribution in [-0.2, 0) is 13.0 Å². The number of carbonyl (C=O) groups excluding carboxylic acids is 1. The summed E-state index contributed by atoms with van der Waals surface area (Å²) in [6.45, 7) is -0.462. The van der Waals surface area contributed by atoms with Crippen molar-refractivity contribution in [3.05, 3.63) is 47.5 Å². The Balaban J connectivity index is 1.92. The molecule has 1 aliphatic heterocycles. The number of halogens is 3. The second-order valence-electron chi connectivity index (χ2n) is 5.67. The second kappa shape index (κ2) is 6.20. The molecule has 0 atom stereocenters. The van der Waals surface area contributed by atoms with Crippen LogP contribution in [0.3, 0.4) is 0 Å². The Morgan fingerprint density at radius 1 is 1.33 bits per heavy atom. The number of nitrogens with zero attached hydrogens (tertiary/aromatic N) is 3. The number of hydrogen-bond donors (Lipinski definition) is 1. The van der Waals surface area contributed by atoms with Crippen LogP contribution < -0.4 is 5.73 Å². The summed E-state index contributed by atoms with van der Waals surface area (Å²) in [6, 6.07) is 5.11. The summed E-state index contributed by atoms with van der Waals surface area (Å²) in [4.78, 5) is 21.1. The van der Waals surface area contributed by atoms with Gasteiger partial charge in [-0.1, -0.05) is 6.07 Å². The predicted octanol–water partition coefficient (Wildman–Crippen LogP) is 2.16. The van der Waals surface area contributed by atoms with Crippen LogP contribution in [0.1, 0.15) is 21.7 Å². The Bertz CT molecular complexity index is 776. The fourth-order valence-corrected chi connectivity index (χ4v) is 2.86. The third-order valence-electron chi connectivity index (χ3n) is 3.87. The number of aromatic nitrogens is 2. The number of amides is 1. The van der Waals surface area contributed by atoms with Crippen molar-refractivity contribution >= 4 is 5.91 Å². The van der Waals surface area contributed by atoms with Gasteiger partial charge in [0, 0.05) is 48.7 Å². The van der Waals surface area contributed by atoms with Gasteiger partial charge in [-0.05, 0) is 17.7 Å². The molecule has 0 spiro atoms. The maximum absolute atomic E-state index is 12.6. The Morgan fingerprint density at radius 3 is 2.83 bits per heavy atom. The maximum Gasteiger partial charge on any atom is 0.401 e. The lowest BCUT2D eigenvalue weighted by molar-refractivity contribution is -0.147. The minimum Gasteiger partial charge on any atom is -0.364 e.